The van der Waals surface area contributed by atoms with Crippen LogP contribution in [0, 0.1) is 5.82 Å². The molecule has 1 aromatic heterocycles. The molecule has 1 heterocycles. The van der Waals surface area contributed by atoms with Crippen molar-refractivity contribution in [3.05, 3.63) is 102 Å². The molecule has 3 aromatic carbocycles. The molecule has 0 saturated heterocycles. The molecule has 4 rings (SSSR count). The number of hydrazone groups is 1. The van der Waals surface area contributed by atoms with Crippen molar-refractivity contribution in [3.63, 3.8) is 0 Å². The molecule has 0 spiro atoms. The van der Waals surface area contributed by atoms with Crippen molar-refractivity contribution >= 4 is 29.6 Å². The van der Waals surface area contributed by atoms with E-state index >= 15 is 0 Å². The molecule has 9 heteroatoms. The van der Waals surface area contributed by atoms with Crippen LogP contribution >= 0.6 is 11.8 Å². The van der Waals surface area contributed by atoms with Gasteiger partial charge in [0, 0.05) is 11.4 Å². The van der Waals surface area contributed by atoms with Crippen LogP contribution in [-0.4, -0.2) is 32.1 Å². The molecule has 4 aromatic rings. The summed E-state index contributed by atoms with van der Waals surface area (Å²) in [4.78, 5) is 12.6. The SMILES string of the molecule is C[C@@H](Sc1nnc(CNc2ccccc2)n1-c1ccccc1)C(=O)N/N=C\c1ccc(F)cc1. The van der Waals surface area contributed by atoms with Crippen LogP contribution < -0.4 is 10.7 Å². The first kappa shape index (κ1) is 23.2. The van der Waals surface area contributed by atoms with E-state index in [0.717, 1.165) is 17.2 Å². The number of halogens is 1. The first-order valence-corrected chi connectivity index (χ1v) is 11.5. The number of aromatic nitrogens is 3. The molecule has 0 fully saturated rings. The van der Waals surface area contributed by atoms with Crippen molar-refractivity contribution < 1.29 is 9.18 Å². The van der Waals surface area contributed by atoms with Crippen LogP contribution in [0.2, 0.25) is 0 Å². The van der Waals surface area contributed by atoms with Gasteiger partial charge in [0.15, 0.2) is 11.0 Å². The van der Waals surface area contributed by atoms with Crippen molar-refractivity contribution in [2.45, 2.75) is 23.9 Å². The van der Waals surface area contributed by atoms with E-state index in [1.807, 2.05) is 65.2 Å². The predicted molar refractivity (Wildman–Crippen MR) is 133 cm³/mol. The zero-order chi connectivity index (χ0) is 23.8. The van der Waals surface area contributed by atoms with Crippen LogP contribution in [-0.2, 0) is 11.3 Å². The summed E-state index contributed by atoms with van der Waals surface area (Å²) in [5.74, 6) is 0.112. The average Bonchev–Trinajstić information content (AvgIpc) is 3.27. The van der Waals surface area contributed by atoms with Crippen LogP contribution in [0.3, 0.4) is 0 Å². The van der Waals surface area contributed by atoms with Crippen LogP contribution in [0.25, 0.3) is 5.69 Å². The Kier molecular flexibility index (Phi) is 7.67. The number of hydrogen-bond donors (Lipinski definition) is 2. The highest BCUT2D eigenvalue weighted by atomic mass is 32.2. The van der Waals surface area contributed by atoms with Gasteiger partial charge in [-0.15, -0.1) is 10.2 Å². The number of anilines is 1. The highest BCUT2D eigenvalue weighted by Gasteiger charge is 2.21. The Morgan fingerprint density at radius 2 is 1.71 bits per heavy atom. The fourth-order valence-electron chi connectivity index (χ4n) is 3.09. The van der Waals surface area contributed by atoms with Gasteiger partial charge in [-0.2, -0.15) is 5.10 Å². The summed E-state index contributed by atoms with van der Waals surface area (Å²) < 4.78 is 14.9. The lowest BCUT2D eigenvalue weighted by atomic mass is 10.2. The summed E-state index contributed by atoms with van der Waals surface area (Å²) >= 11 is 1.29. The Labute approximate surface area is 201 Å². The standard InChI is InChI=1S/C25H23FN6OS/c1-18(24(33)30-28-16-19-12-14-20(26)15-13-19)34-25-31-29-23(17-27-21-8-4-2-5-9-21)32(25)22-10-6-3-7-11-22/h2-16,18,27H,17H2,1H3,(H,30,33)/b28-16-/t18-/m1/s1. The lowest BCUT2D eigenvalue weighted by Crippen LogP contribution is -2.27. The number of carbonyl (C=O) groups is 1. The average molecular weight is 475 g/mol. The molecule has 0 aliphatic heterocycles. The van der Waals surface area contributed by atoms with Crippen LogP contribution in [0.4, 0.5) is 10.1 Å². The predicted octanol–water partition coefficient (Wildman–Crippen LogP) is 4.65. The fraction of sp³-hybridized carbons (Fsp3) is 0.120. The van der Waals surface area contributed by atoms with E-state index in [9.17, 15) is 9.18 Å². The van der Waals surface area contributed by atoms with E-state index in [-0.39, 0.29) is 11.7 Å². The first-order valence-electron chi connectivity index (χ1n) is 10.6. The number of amides is 1. The fourth-order valence-corrected chi connectivity index (χ4v) is 3.97. The summed E-state index contributed by atoms with van der Waals surface area (Å²) in [7, 11) is 0. The van der Waals surface area contributed by atoms with E-state index < -0.39 is 5.25 Å². The third kappa shape index (κ3) is 6.08. The van der Waals surface area contributed by atoms with Gasteiger partial charge in [0.05, 0.1) is 18.0 Å². The van der Waals surface area contributed by atoms with Crippen molar-refractivity contribution in [2.75, 3.05) is 5.32 Å². The second kappa shape index (κ2) is 11.2. The molecule has 0 saturated carbocycles. The Morgan fingerprint density at radius 1 is 1.03 bits per heavy atom. The van der Waals surface area contributed by atoms with Gasteiger partial charge in [-0.05, 0) is 48.9 Å². The van der Waals surface area contributed by atoms with Gasteiger partial charge in [0.1, 0.15) is 5.82 Å². The lowest BCUT2D eigenvalue weighted by Gasteiger charge is -2.13. The maximum absolute atomic E-state index is 13.0. The number of nitrogens with zero attached hydrogens (tertiary/aromatic N) is 4. The second-order valence-corrected chi connectivity index (χ2v) is 8.64. The minimum atomic E-state index is -0.480. The zero-order valence-corrected chi connectivity index (χ0v) is 19.2. The van der Waals surface area contributed by atoms with E-state index in [4.69, 9.17) is 0 Å². The highest BCUT2D eigenvalue weighted by Crippen LogP contribution is 2.26. The summed E-state index contributed by atoms with van der Waals surface area (Å²) in [6.07, 6.45) is 1.47. The number of hydrogen-bond acceptors (Lipinski definition) is 6. The molecule has 0 aliphatic carbocycles. The van der Waals surface area contributed by atoms with Gasteiger partial charge >= 0.3 is 0 Å². The molecule has 0 bridgehead atoms. The molecule has 0 aliphatic rings. The Bertz CT molecular complexity index is 1250. The van der Waals surface area contributed by atoms with Gasteiger partial charge in [-0.3, -0.25) is 9.36 Å². The molecular formula is C25H23FN6OS. The maximum atomic E-state index is 13.0. The Balaban J connectivity index is 1.46. The molecule has 0 radical (unpaired) electrons. The van der Waals surface area contributed by atoms with E-state index in [0.29, 0.717) is 17.3 Å². The monoisotopic (exact) mass is 474 g/mol. The zero-order valence-electron chi connectivity index (χ0n) is 18.4. The quantitative estimate of drug-likeness (QED) is 0.210. The molecule has 1 atom stereocenters. The van der Waals surface area contributed by atoms with E-state index in [1.165, 1.54) is 30.1 Å². The van der Waals surface area contributed by atoms with Crippen molar-refractivity contribution in [1.82, 2.24) is 20.2 Å². The lowest BCUT2D eigenvalue weighted by molar-refractivity contribution is -0.120. The van der Waals surface area contributed by atoms with Crippen molar-refractivity contribution in [1.29, 1.82) is 0 Å². The van der Waals surface area contributed by atoms with Crippen molar-refractivity contribution in [3.8, 4) is 5.69 Å². The number of carbonyl (C=O) groups excluding carboxylic acids is 1. The van der Waals surface area contributed by atoms with Crippen LogP contribution in [0.1, 0.15) is 18.3 Å². The van der Waals surface area contributed by atoms with Gasteiger partial charge in [0.2, 0.25) is 0 Å². The van der Waals surface area contributed by atoms with Gasteiger partial charge in [-0.1, -0.05) is 60.3 Å². The number of rotatable bonds is 9. The minimum absolute atomic E-state index is 0.282. The highest BCUT2D eigenvalue weighted by molar-refractivity contribution is 8.00. The number of nitrogens with one attached hydrogen (secondary N) is 2. The number of thioether (sulfide) groups is 1. The van der Waals surface area contributed by atoms with Gasteiger partial charge in [-0.25, -0.2) is 9.82 Å². The van der Waals surface area contributed by atoms with Crippen LogP contribution in [0.5, 0.6) is 0 Å². The molecule has 2 N–H and O–H groups in total. The summed E-state index contributed by atoms with van der Waals surface area (Å²) in [6, 6.07) is 25.5. The van der Waals surface area contributed by atoms with Gasteiger partial charge in [0.25, 0.3) is 5.91 Å². The summed E-state index contributed by atoms with van der Waals surface area (Å²) in [6.45, 7) is 2.24. The normalized spacial score (nSPS) is 11.9. The molecule has 7 nitrogen and oxygen atoms in total. The molecule has 1 amide bonds. The van der Waals surface area contributed by atoms with Gasteiger partial charge < -0.3 is 5.32 Å². The molecule has 34 heavy (non-hydrogen) atoms. The molecule has 172 valence electrons. The minimum Gasteiger partial charge on any atom is -0.378 e. The third-order valence-corrected chi connectivity index (χ3v) is 5.89. The summed E-state index contributed by atoms with van der Waals surface area (Å²) in [5.41, 5.74) is 5.09. The van der Waals surface area contributed by atoms with Crippen LogP contribution in [0.15, 0.2) is 95.2 Å². The molecule has 0 unspecified atom stereocenters. The van der Waals surface area contributed by atoms with Crippen molar-refractivity contribution in [2.24, 2.45) is 5.10 Å². The third-order valence-electron chi connectivity index (χ3n) is 4.85. The smallest absolute Gasteiger partial charge is 0.253 e. The second-order valence-electron chi connectivity index (χ2n) is 7.34. The largest absolute Gasteiger partial charge is 0.378 e. The number of para-hydroxylation sites is 2. The van der Waals surface area contributed by atoms with E-state index in [2.05, 4.69) is 26.0 Å². The first-order chi connectivity index (χ1) is 16.6. The number of benzene rings is 3. The summed E-state index contributed by atoms with van der Waals surface area (Å²) in [5, 5.41) is 16.2. The van der Waals surface area contributed by atoms with E-state index in [1.54, 1.807) is 19.1 Å². The Morgan fingerprint density at radius 3 is 2.41 bits per heavy atom. The Hall–Kier alpha value is -3.98. The maximum Gasteiger partial charge on any atom is 0.253 e. The topological polar surface area (TPSA) is 84.2 Å². The molecular weight excluding hydrogens is 451 g/mol.